The summed E-state index contributed by atoms with van der Waals surface area (Å²) in [6, 6.07) is 7.91. The molecular formula is C14H21N3O. The molecule has 1 heterocycles. The van der Waals surface area contributed by atoms with Crippen molar-refractivity contribution in [3.63, 3.8) is 0 Å². The number of hydrogen-bond donors (Lipinski definition) is 2. The molecule has 1 atom stereocenters. The van der Waals surface area contributed by atoms with Gasteiger partial charge in [0.25, 0.3) is 5.91 Å². The van der Waals surface area contributed by atoms with Gasteiger partial charge in [0, 0.05) is 30.4 Å². The molecule has 1 unspecified atom stereocenters. The molecule has 0 aromatic heterocycles. The number of rotatable bonds is 4. The monoisotopic (exact) mass is 247 g/mol. The molecule has 1 aromatic carbocycles. The number of likely N-dealkylation sites (tertiary alicyclic amines) is 1. The van der Waals surface area contributed by atoms with Gasteiger partial charge in [-0.1, -0.05) is 0 Å². The standard InChI is InChI=1S/C14H21N3O/c1-3-15-12-6-4-11(5-7-12)14(18)16-13-8-9-17(2)10-13/h4-7,13,15H,3,8-10H2,1-2H3,(H,16,18). The van der Waals surface area contributed by atoms with Crippen LogP contribution in [0.15, 0.2) is 24.3 Å². The van der Waals surface area contributed by atoms with Crippen molar-refractivity contribution in [2.45, 2.75) is 19.4 Å². The van der Waals surface area contributed by atoms with Crippen LogP contribution in [0.5, 0.6) is 0 Å². The van der Waals surface area contributed by atoms with Crippen molar-refractivity contribution < 1.29 is 4.79 Å². The van der Waals surface area contributed by atoms with E-state index in [0.29, 0.717) is 0 Å². The maximum absolute atomic E-state index is 12.0. The average molecular weight is 247 g/mol. The van der Waals surface area contributed by atoms with E-state index < -0.39 is 0 Å². The lowest BCUT2D eigenvalue weighted by Gasteiger charge is -2.13. The maximum Gasteiger partial charge on any atom is 0.251 e. The Morgan fingerprint density at radius 2 is 2.11 bits per heavy atom. The fourth-order valence-corrected chi connectivity index (χ4v) is 2.27. The van der Waals surface area contributed by atoms with Gasteiger partial charge in [-0.25, -0.2) is 0 Å². The van der Waals surface area contributed by atoms with E-state index in [9.17, 15) is 4.79 Å². The Morgan fingerprint density at radius 3 is 2.67 bits per heavy atom. The molecule has 0 saturated carbocycles. The molecule has 0 aliphatic carbocycles. The molecule has 2 N–H and O–H groups in total. The highest BCUT2D eigenvalue weighted by molar-refractivity contribution is 5.94. The van der Waals surface area contributed by atoms with Crippen LogP contribution in [0, 0.1) is 0 Å². The second-order valence-corrected chi connectivity index (χ2v) is 4.83. The summed E-state index contributed by atoms with van der Waals surface area (Å²) in [5.41, 5.74) is 1.78. The molecule has 4 nitrogen and oxygen atoms in total. The molecule has 0 spiro atoms. The van der Waals surface area contributed by atoms with E-state index in [0.717, 1.165) is 37.3 Å². The van der Waals surface area contributed by atoms with Gasteiger partial charge >= 0.3 is 0 Å². The van der Waals surface area contributed by atoms with Crippen LogP contribution in [-0.2, 0) is 0 Å². The summed E-state index contributed by atoms with van der Waals surface area (Å²) < 4.78 is 0. The minimum atomic E-state index is 0.0262. The van der Waals surface area contributed by atoms with Crippen LogP contribution in [-0.4, -0.2) is 43.5 Å². The summed E-state index contributed by atoms with van der Waals surface area (Å²) in [5, 5.41) is 6.29. The van der Waals surface area contributed by atoms with Crippen molar-refractivity contribution in [1.29, 1.82) is 0 Å². The first-order valence-corrected chi connectivity index (χ1v) is 6.52. The molecule has 1 aliphatic rings. The van der Waals surface area contributed by atoms with E-state index in [4.69, 9.17) is 0 Å². The van der Waals surface area contributed by atoms with Gasteiger partial charge in [-0.15, -0.1) is 0 Å². The average Bonchev–Trinajstić information content (AvgIpc) is 2.76. The number of nitrogens with zero attached hydrogens (tertiary/aromatic N) is 1. The second-order valence-electron chi connectivity index (χ2n) is 4.83. The van der Waals surface area contributed by atoms with Crippen LogP contribution in [0.2, 0.25) is 0 Å². The third kappa shape index (κ3) is 3.23. The number of nitrogens with one attached hydrogen (secondary N) is 2. The lowest BCUT2D eigenvalue weighted by atomic mass is 10.1. The van der Waals surface area contributed by atoms with E-state index in [2.05, 4.69) is 29.5 Å². The Kier molecular flexibility index (Phi) is 4.20. The van der Waals surface area contributed by atoms with E-state index in [-0.39, 0.29) is 11.9 Å². The predicted octanol–water partition coefficient (Wildman–Crippen LogP) is 1.55. The number of carbonyl (C=O) groups excluding carboxylic acids is 1. The van der Waals surface area contributed by atoms with E-state index in [1.54, 1.807) is 0 Å². The van der Waals surface area contributed by atoms with E-state index >= 15 is 0 Å². The molecule has 1 aliphatic heterocycles. The summed E-state index contributed by atoms with van der Waals surface area (Å²) in [6.07, 6.45) is 1.04. The quantitative estimate of drug-likeness (QED) is 0.848. The van der Waals surface area contributed by atoms with Crippen LogP contribution in [0.1, 0.15) is 23.7 Å². The largest absolute Gasteiger partial charge is 0.385 e. The van der Waals surface area contributed by atoms with Crippen molar-refractivity contribution in [3.05, 3.63) is 29.8 Å². The highest BCUT2D eigenvalue weighted by Gasteiger charge is 2.21. The highest BCUT2D eigenvalue weighted by Crippen LogP contribution is 2.11. The third-order valence-corrected chi connectivity index (χ3v) is 3.25. The number of carbonyl (C=O) groups is 1. The molecular weight excluding hydrogens is 226 g/mol. The van der Waals surface area contributed by atoms with Gasteiger partial charge in [0.05, 0.1) is 0 Å². The summed E-state index contributed by atoms with van der Waals surface area (Å²) in [7, 11) is 2.08. The first-order valence-electron chi connectivity index (χ1n) is 6.52. The molecule has 4 heteroatoms. The molecule has 18 heavy (non-hydrogen) atoms. The summed E-state index contributed by atoms with van der Waals surface area (Å²) in [5.74, 6) is 0.0262. The molecule has 1 saturated heterocycles. The Morgan fingerprint density at radius 1 is 1.39 bits per heavy atom. The lowest BCUT2D eigenvalue weighted by Crippen LogP contribution is -2.36. The lowest BCUT2D eigenvalue weighted by molar-refractivity contribution is 0.0938. The fraction of sp³-hybridized carbons (Fsp3) is 0.500. The van der Waals surface area contributed by atoms with Crippen LogP contribution < -0.4 is 10.6 Å². The molecule has 1 fully saturated rings. The number of hydrogen-bond acceptors (Lipinski definition) is 3. The minimum absolute atomic E-state index is 0.0262. The molecule has 98 valence electrons. The molecule has 1 amide bonds. The molecule has 0 bridgehead atoms. The predicted molar refractivity (Wildman–Crippen MR) is 74.0 cm³/mol. The van der Waals surface area contributed by atoms with Crippen LogP contribution in [0.4, 0.5) is 5.69 Å². The first-order chi connectivity index (χ1) is 8.69. The Balaban J connectivity index is 1.92. The minimum Gasteiger partial charge on any atom is -0.385 e. The van der Waals surface area contributed by atoms with Crippen molar-refractivity contribution in [2.24, 2.45) is 0 Å². The zero-order chi connectivity index (χ0) is 13.0. The van der Waals surface area contributed by atoms with Gasteiger partial charge in [0.2, 0.25) is 0 Å². The van der Waals surface area contributed by atoms with Gasteiger partial charge in [0.15, 0.2) is 0 Å². The van der Waals surface area contributed by atoms with Gasteiger partial charge in [0.1, 0.15) is 0 Å². The van der Waals surface area contributed by atoms with E-state index in [1.165, 1.54) is 0 Å². The van der Waals surface area contributed by atoms with Crippen molar-refractivity contribution in [2.75, 3.05) is 32.0 Å². The first kappa shape index (κ1) is 12.9. The van der Waals surface area contributed by atoms with Crippen molar-refractivity contribution in [3.8, 4) is 0 Å². The fourth-order valence-electron chi connectivity index (χ4n) is 2.27. The van der Waals surface area contributed by atoms with E-state index in [1.807, 2.05) is 24.3 Å². The smallest absolute Gasteiger partial charge is 0.251 e. The Bertz CT molecular complexity index is 402. The third-order valence-electron chi connectivity index (χ3n) is 3.25. The SMILES string of the molecule is CCNc1ccc(C(=O)NC2CCN(C)C2)cc1. The summed E-state index contributed by atoms with van der Waals surface area (Å²) in [6.45, 7) is 4.95. The van der Waals surface area contributed by atoms with Gasteiger partial charge in [-0.3, -0.25) is 4.79 Å². The second kappa shape index (κ2) is 5.87. The van der Waals surface area contributed by atoms with Crippen LogP contribution in [0.3, 0.4) is 0 Å². The van der Waals surface area contributed by atoms with Crippen molar-refractivity contribution in [1.82, 2.24) is 10.2 Å². The van der Waals surface area contributed by atoms with Crippen LogP contribution >= 0.6 is 0 Å². The summed E-state index contributed by atoms with van der Waals surface area (Å²) >= 11 is 0. The van der Waals surface area contributed by atoms with Gasteiger partial charge in [-0.2, -0.15) is 0 Å². The number of benzene rings is 1. The molecule has 0 radical (unpaired) electrons. The number of likely N-dealkylation sites (N-methyl/N-ethyl adjacent to an activating group) is 1. The normalized spacial score (nSPS) is 19.8. The number of amides is 1. The van der Waals surface area contributed by atoms with Crippen LogP contribution in [0.25, 0.3) is 0 Å². The summed E-state index contributed by atoms with van der Waals surface area (Å²) in [4.78, 5) is 14.3. The van der Waals surface area contributed by atoms with Gasteiger partial charge in [-0.05, 0) is 51.2 Å². The Labute approximate surface area is 108 Å². The zero-order valence-corrected chi connectivity index (χ0v) is 11.1. The molecule has 2 rings (SSSR count). The van der Waals surface area contributed by atoms with Crippen molar-refractivity contribution >= 4 is 11.6 Å². The highest BCUT2D eigenvalue weighted by atomic mass is 16.1. The Hall–Kier alpha value is -1.55. The zero-order valence-electron chi connectivity index (χ0n) is 11.1. The number of anilines is 1. The topological polar surface area (TPSA) is 44.4 Å². The molecule has 1 aromatic rings. The van der Waals surface area contributed by atoms with Gasteiger partial charge < -0.3 is 15.5 Å². The maximum atomic E-state index is 12.0.